The lowest BCUT2D eigenvalue weighted by Crippen LogP contribution is -2.20. The molecule has 1 N–H and O–H groups in total. The van der Waals surface area contributed by atoms with E-state index in [-0.39, 0.29) is 0 Å². The van der Waals surface area contributed by atoms with E-state index in [1.807, 2.05) is 0 Å². The van der Waals surface area contributed by atoms with Crippen molar-refractivity contribution in [1.29, 1.82) is 0 Å². The predicted octanol–water partition coefficient (Wildman–Crippen LogP) is 3.56. The van der Waals surface area contributed by atoms with Gasteiger partial charge in [0.15, 0.2) is 0 Å². The largest absolute Gasteiger partial charge is 0.493 e. The Kier molecular flexibility index (Phi) is 3.79. The summed E-state index contributed by atoms with van der Waals surface area (Å²) in [6.45, 7) is 7.53. The van der Waals surface area contributed by atoms with Crippen LogP contribution in [0.5, 0.6) is 5.75 Å². The smallest absolute Gasteiger partial charge is 0.125 e. The van der Waals surface area contributed by atoms with Crippen LogP contribution in [0.25, 0.3) is 0 Å². The summed E-state index contributed by atoms with van der Waals surface area (Å²) in [6.07, 6.45) is 5.33. The maximum absolute atomic E-state index is 6.21. The van der Waals surface area contributed by atoms with Gasteiger partial charge in [0.1, 0.15) is 5.75 Å². The van der Waals surface area contributed by atoms with Crippen LogP contribution in [-0.2, 0) is 0 Å². The molecule has 0 amide bonds. The Morgan fingerprint density at radius 1 is 1.21 bits per heavy atom. The molecule has 1 saturated carbocycles. The zero-order valence-electron chi connectivity index (χ0n) is 12.2. The van der Waals surface area contributed by atoms with Crippen LogP contribution in [0.4, 0.5) is 0 Å². The molecule has 1 aromatic carbocycles. The third kappa shape index (κ3) is 2.79. The molecule has 0 spiro atoms. The molecular formula is C17H25NO. The van der Waals surface area contributed by atoms with Crippen molar-refractivity contribution in [2.45, 2.75) is 45.4 Å². The average molecular weight is 259 g/mol. The van der Waals surface area contributed by atoms with E-state index in [4.69, 9.17) is 4.74 Å². The molecule has 0 radical (unpaired) electrons. The highest BCUT2D eigenvalue weighted by molar-refractivity contribution is 5.46. The molecule has 1 aromatic rings. The third-order valence-corrected chi connectivity index (χ3v) is 4.64. The molecule has 1 aliphatic heterocycles. The second kappa shape index (κ2) is 5.54. The van der Waals surface area contributed by atoms with Crippen molar-refractivity contribution in [2.75, 3.05) is 19.7 Å². The van der Waals surface area contributed by atoms with E-state index in [1.54, 1.807) is 0 Å². The monoisotopic (exact) mass is 259 g/mol. The Hall–Kier alpha value is -1.02. The van der Waals surface area contributed by atoms with Gasteiger partial charge in [-0.25, -0.2) is 0 Å². The van der Waals surface area contributed by atoms with Gasteiger partial charge >= 0.3 is 0 Å². The second-order valence-electron chi connectivity index (χ2n) is 6.30. The minimum atomic E-state index is 0.634. The highest BCUT2D eigenvalue weighted by Crippen LogP contribution is 2.36. The minimum Gasteiger partial charge on any atom is -0.493 e. The average Bonchev–Trinajstić information content (AvgIpc) is 2.82. The lowest BCUT2D eigenvalue weighted by atomic mass is 9.86. The van der Waals surface area contributed by atoms with Crippen molar-refractivity contribution in [3.63, 3.8) is 0 Å². The van der Waals surface area contributed by atoms with Crippen LogP contribution in [0.15, 0.2) is 12.1 Å². The van der Waals surface area contributed by atoms with Crippen LogP contribution >= 0.6 is 0 Å². The molecule has 1 aliphatic carbocycles. The molecule has 0 bridgehead atoms. The van der Waals surface area contributed by atoms with Gasteiger partial charge in [-0.15, -0.1) is 0 Å². The SMILES string of the molecule is Cc1cc(C)c(OCC2CCC2)c(C2CCNC2)c1. The lowest BCUT2D eigenvalue weighted by Gasteiger charge is -2.27. The standard InChI is InChI=1S/C17H25NO/c1-12-8-13(2)17(19-11-14-4-3-5-14)16(9-12)15-6-7-18-10-15/h8-9,14-15,18H,3-7,10-11H2,1-2H3. The molecule has 2 aliphatic rings. The van der Waals surface area contributed by atoms with E-state index in [1.165, 1.54) is 48.1 Å². The van der Waals surface area contributed by atoms with Crippen LogP contribution in [0.3, 0.4) is 0 Å². The summed E-state index contributed by atoms with van der Waals surface area (Å²) < 4.78 is 6.21. The maximum atomic E-state index is 6.21. The van der Waals surface area contributed by atoms with Crippen molar-refractivity contribution in [2.24, 2.45) is 5.92 Å². The summed E-state index contributed by atoms with van der Waals surface area (Å²) in [5.74, 6) is 2.61. The summed E-state index contributed by atoms with van der Waals surface area (Å²) in [5.41, 5.74) is 4.10. The van der Waals surface area contributed by atoms with Gasteiger partial charge in [-0.05, 0) is 56.7 Å². The Labute approximate surface area is 116 Å². The van der Waals surface area contributed by atoms with Gasteiger partial charge in [0.05, 0.1) is 6.61 Å². The Morgan fingerprint density at radius 3 is 2.68 bits per heavy atom. The number of hydrogen-bond acceptors (Lipinski definition) is 2. The first-order valence-corrected chi connectivity index (χ1v) is 7.68. The van der Waals surface area contributed by atoms with Crippen molar-refractivity contribution < 1.29 is 4.74 Å². The van der Waals surface area contributed by atoms with E-state index in [2.05, 4.69) is 31.3 Å². The zero-order chi connectivity index (χ0) is 13.2. The molecular weight excluding hydrogens is 234 g/mol. The molecule has 2 heteroatoms. The molecule has 3 rings (SSSR count). The van der Waals surface area contributed by atoms with Crippen LogP contribution in [0.1, 0.15) is 48.3 Å². The van der Waals surface area contributed by atoms with Crippen molar-refractivity contribution in [1.82, 2.24) is 5.32 Å². The molecule has 1 heterocycles. The fraction of sp³-hybridized carbons (Fsp3) is 0.647. The van der Waals surface area contributed by atoms with Crippen molar-refractivity contribution in [3.05, 3.63) is 28.8 Å². The van der Waals surface area contributed by atoms with Gasteiger partial charge in [-0.1, -0.05) is 24.1 Å². The number of nitrogens with one attached hydrogen (secondary N) is 1. The first kappa shape index (κ1) is 13.0. The minimum absolute atomic E-state index is 0.634. The molecule has 104 valence electrons. The Morgan fingerprint density at radius 2 is 2.05 bits per heavy atom. The number of aryl methyl sites for hydroxylation is 2. The highest BCUT2D eigenvalue weighted by Gasteiger charge is 2.24. The fourth-order valence-corrected chi connectivity index (χ4v) is 3.27. The van der Waals surface area contributed by atoms with Crippen LogP contribution in [0, 0.1) is 19.8 Å². The summed E-state index contributed by atoms with van der Waals surface area (Å²) in [5, 5.41) is 3.47. The molecule has 0 aromatic heterocycles. The van der Waals surface area contributed by atoms with E-state index < -0.39 is 0 Å². The topological polar surface area (TPSA) is 21.3 Å². The number of rotatable bonds is 4. The second-order valence-corrected chi connectivity index (χ2v) is 6.30. The van der Waals surface area contributed by atoms with Crippen LogP contribution in [0.2, 0.25) is 0 Å². The van der Waals surface area contributed by atoms with Crippen molar-refractivity contribution in [3.8, 4) is 5.75 Å². The van der Waals surface area contributed by atoms with E-state index in [0.29, 0.717) is 5.92 Å². The maximum Gasteiger partial charge on any atom is 0.125 e. The first-order valence-electron chi connectivity index (χ1n) is 7.68. The fourth-order valence-electron chi connectivity index (χ4n) is 3.27. The van der Waals surface area contributed by atoms with Gasteiger partial charge < -0.3 is 10.1 Å². The number of hydrogen-bond donors (Lipinski definition) is 1. The van der Waals surface area contributed by atoms with Crippen LogP contribution < -0.4 is 10.1 Å². The summed E-state index contributed by atoms with van der Waals surface area (Å²) in [7, 11) is 0. The lowest BCUT2D eigenvalue weighted by molar-refractivity contribution is 0.178. The Bertz CT molecular complexity index is 445. The number of benzene rings is 1. The molecule has 19 heavy (non-hydrogen) atoms. The van der Waals surface area contributed by atoms with Crippen LogP contribution in [-0.4, -0.2) is 19.7 Å². The quantitative estimate of drug-likeness (QED) is 0.892. The van der Waals surface area contributed by atoms with Gasteiger partial charge in [-0.2, -0.15) is 0 Å². The summed E-state index contributed by atoms with van der Waals surface area (Å²) in [6, 6.07) is 4.59. The molecule has 1 saturated heterocycles. The summed E-state index contributed by atoms with van der Waals surface area (Å²) in [4.78, 5) is 0. The first-order chi connectivity index (χ1) is 9.24. The number of ether oxygens (including phenoxy) is 1. The highest BCUT2D eigenvalue weighted by atomic mass is 16.5. The molecule has 2 fully saturated rings. The zero-order valence-corrected chi connectivity index (χ0v) is 12.2. The van der Waals surface area contributed by atoms with Gasteiger partial charge in [0.2, 0.25) is 0 Å². The third-order valence-electron chi connectivity index (χ3n) is 4.64. The van der Waals surface area contributed by atoms with E-state index in [0.717, 1.165) is 25.6 Å². The predicted molar refractivity (Wildman–Crippen MR) is 79.0 cm³/mol. The summed E-state index contributed by atoms with van der Waals surface area (Å²) >= 11 is 0. The van der Waals surface area contributed by atoms with Crippen molar-refractivity contribution >= 4 is 0 Å². The molecule has 2 nitrogen and oxygen atoms in total. The Balaban J connectivity index is 1.81. The van der Waals surface area contributed by atoms with E-state index in [9.17, 15) is 0 Å². The normalized spacial score (nSPS) is 23.4. The molecule has 1 atom stereocenters. The van der Waals surface area contributed by atoms with Gasteiger partial charge in [-0.3, -0.25) is 0 Å². The van der Waals surface area contributed by atoms with Gasteiger partial charge in [0.25, 0.3) is 0 Å². The van der Waals surface area contributed by atoms with E-state index >= 15 is 0 Å². The molecule has 1 unspecified atom stereocenters. The van der Waals surface area contributed by atoms with Gasteiger partial charge in [0, 0.05) is 12.5 Å².